The Morgan fingerprint density at radius 2 is 1.00 bits per heavy atom. The summed E-state index contributed by atoms with van der Waals surface area (Å²) in [7, 11) is 0. The lowest BCUT2D eigenvalue weighted by Gasteiger charge is -2.23. The molecule has 5 aromatic rings. The number of hydrogen-bond acceptors (Lipinski definition) is 12. The first-order chi connectivity index (χ1) is 21.1. The number of thiazole rings is 2. The second kappa shape index (κ2) is 9.86. The number of fused-ring (bicyclic) bond motifs is 6. The molecule has 0 N–H and O–H groups in total. The molecule has 210 valence electrons. The lowest BCUT2D eigenvalue weighted by atomic mass is 9.81. The zero-order valence-corrected chi connectivity index (χ0v) is 26.9. The Bertz CT molecular complexity index is 2100. The molecular weight excluding hydrogens is 625 g/mol. The quantitative estimate of drug-likeness (QED) is 0.179. The summed E-state index contributed by atoms with van der Waals surface area (Å²) in [6.07, 6.45) is 0. The van der Waals surface area contributed by atoms with Crippen molar-refractivity contribution in [1.82, 2.24) is 9.97 Å². The van der Waals surface area contributed by atoms with Gasteiger partial charge < -0.3 is 0 Å². The summed E-state index contributed by atoms with van der Waals surface area (Å²) in [4.78, 5) is 22.7. The average Bonchev–Trinajstić information content (AvgIpc) is 3.84. The number of aromatic nitrogens is 2. The Morgan fingerprint density at radius 3 is 1.36 bits per heavy atom. The van der Waals surface area contributed by atoms with Crippen molar-refractivity contribution in [3.05, 3.63) is 58.9 Å². The molecule has 0 unspecified atom stereocenters. The van der Waals surface area contributed by atoms with E-state index < -0.39 is 0 Å². The first-order valence-corrected chi connectivity index (χ1v) is 16.6. The van der Waals surface area contributed by atoms with Crippen LogP contribution in [0, 0.1) is 45.3 Å². The van der Waals surface area contributed by atoms with E-state index in [4.69, 9.17) is 31.0 Å². The standard InChI is InChI=1S/C32H18N8S4/c1-31(2)19-9-18-20(10-17(19)25-27(31)39-29(43-25)21-5-7-23(41-21)37-15(11-33)12-34)32(3,4)28-26(18)44-30(40-28)22-6-8-24(42-22)38-16(13-35)14-36/h5-10H,1-4H3. The molecule has 0 spiro atoms. The van der Waals surface area contributed by atoms with Crippen molar-refractivity contribution in [3.63, 3.8) is 0 Å². The highest BCUT2D eigenvalue weighted by Gasteiger charge is 2.45. The number of rotatable bonds is 4. The minimum Gasteiger partial charge on any atom is -0.239 e. The van der Waals surface area contributed by atoms with E-state index in [1.807, 2.05) is 48.5 Å². The largest absolute Gasteiger partial charge is 0.239 e. The first-order valence-electron chi connectivity index (χ1n) is 13.3. The molecule has 0 bridgehead atoms. The number of hydrogen-bond donors (Lipinski definition) is 0. The maximum absolute atomic E-state index is 9.06. The van der Waals surface area contributed by atoms with Gasteiger partial charge in [-0.25, -0.2) is 20.0 Å². The minimum atomic E-state index is -0.304. The van der Waals surface area contributed by atoms with E-state index >= 15 is 0 Å². The van der Waals surface area contributed by atoms with E-state index in [1.54, 1.807) is 22.7 Å². The molecule has 44 heavy (non-hydrogen) atoms. The van der Waals surface area contributed by atoms with Gasteiger partial charge in [0.1, 0.15) is 44.3 Å². The molecule has 0 radical (unpaired) electrons. The van der Waals surface area contributed by atoms with Crippen molar-refractivity contribution in [2.24, 2.45) is 9.98 Å². The van der Waals surface area contributed by atoms with Crippen molar-refractivity contribution in [3.8, 4) is 64.9 Å². The van der Waals surface area contributed by atoms with Gasteiger partial charge in [0.15, 0.2) is 0 Å². The van der Waals surface area contributed by atoms with Crippen LogP contribution in [-0.2, 0) is 10.8 Å². The van der Waals surface area contributed by atoms with Gasteiger partial charge in [-0.05, 0) is 58.7 Å². The van der Waals surface area contributed by atoms with Gasteiger partial charge in [0, 0.05) is 10.8 Å². The van der Waals surface area contributed by atoms with Crippen molar-refractivity contribution in [1.29, 1.82) is 21.0 Å². The molecule has 4 heterocycles. The first kappa shape index (κ1) is 28.0. The molecule has 2 aliphatic carbocycles. The summed E-state index contributed by atoms with van der Waals surface area (Å²) in [5.41, 5.74) is 6.05. The lowest BCUT2D eigenvalue weighted by Crippen LogP contribution is -2.18. The molecule has 0 fully saturated rings. The molecular formula is C32H18N8S4. The topological polar surface area (TPSA) is 146 Å². The molecule has 2 aliphatic rings. The Labute approximate surface area is 268 Å². The molecule has 1 aromatic carbocycles. The van der Waals surface area contributed by atoms with Gasteiger partial charge >= 0.3 is 0 Å². The Morgan fingerprint density at radius 1 is 0.614 bits per heavy atom. The van der Waals surface area contributed by atoms with Gasteiger partial charge in [-0.15, -0.1) is 45.3 Å². The van der Waals surface area contributed by atoms with Crippen LogP contribution in [0.1, 0.15) is 50.2 Å². The Balaban J connectivity index is 1.28. The van der Waals surface area contributed by atoms with Crippen LogP contribution >= 0.6 is 45.3 Å². The molecule has 0 saturated heterocycles. The Hall–Kier alpha value is -4.82. The third-order valence-corrected chi connectivity index (χ3v) is 12.4. The number of aliphatic imine (C=N–C) groups is 2. The van der Waals surface area contributed by atoms with Gasteiger partial charge in [-0.1, -0.05) is 27.7 Å². The van der Waals surface area contributed by atoms with Crippen LogP contribution in [0.25, 0.3) is 40.7 Å². The smallest absolute Gasteiger partial charge is 0.219 e. The maximum Gasteiger partial charge on any atom is 0.219 e. The van der Waals surface area contributed by atoms with E-state index in [2.05, 4.69) is 49.8 Å². The fourth-order valence-corrected chi connectivity index (χ4v) is 10.1. The van der Waals surface area contributed by atoms with E-state index in [0.717, 1.165) is 40.9 Å². The number of benzene rings is 1. The maximum atomic E-state index is 9.06. The average molecular weight is 643 g/mol. The highest BCUT2D eigenvalue weighted by molar-refractivity contribution is 7.26. The van der Waals surface area contributed by atoms with Gasteiger partial charge in [-0.2, -0.15) is 21.0 Å². The van der Waals surface area contributed by atoms with E-state index in [1.165, 1.54) is 44.9 Å². The van der Waals surface area contributed by atoms with Crippen LogP contribution in [0.4, 0.5) is 10.0 Å². The predicted octanol–water partition coefficient (Wildman–Crippen LogP) is 8.91. The molecule has 7 rings (SSSR count). The summed E-state index contributed by atoms with van der Waals surface area (Å²) in [6.45, 7) is 8.86. The second-order valence-corrected chi connectivity index (χ2v) is 15.4. The van der Waals surface area contributed by atoms with Crippen LogP contribution in [0.3, 0.4) is 0 Å². The van der Waals surface area contributed by atoms with Crippen LogP contribution in [0.2, 0.25) is 0 Å². The number of nitrogens with zero attached hydrogens (tertiary/aromatic N) is 8. The summed E-state index contributed by atoms with van der Waals surface area (Å²) >= 11 is 6.16. The van der Waals surface area contributed by atoms with Gasteiger partial charge in [-0.3, -0.25) is 0 Å². The summed E-state index contributed by atoms with van der Waals surface area (Å²) in [6, 6.07) is 19.4. The summed E-state index contributed by atoms with van der Waals surface area (Å²) in [5, 5.41) is 39.3. The van der Waals surface area contributed by atoms with E-state index in [-0.39, 0.29) is 22.3 Å². The highest BCUT2D eigenvalue weighted by atomic mass is 32.1. The second-order valence-electron chi connectivity index (χ2n) is 11.2. The SMILES string of the molecule is CC1(C)c2cc3c(cc2-c2sc(-c4ccc(N=C(C#N)C#N)s4)nc21)C(C)(C)c1nc(-c2ccc(N=C(C#N)C#N)s2)sc1-3. The molecule has 0 amide bonds. The van der Waals surface area contributed by atoms with Crippen molar-refractivity contribution in [2.75, 3.05) is 0 Å². The number of nitriles is 4. The van der Waals surface area contributed by atoms with Gasteiger partial charge in [0.05, 0.1) is 30.9 Å². The molecule has 0 atom stereocenters. The van der Waals surface area contributed by atoms with E-state index in [9.17, 15) is 0 Å². The van der Waals surface area contributed by atoms with Crippen LogP contribution in [-0.4, -0.2) is 21.4 Å². The predicted molar refractivity (Wildman–Crippen MR) is 176 cm³/mol. The Kier molecular flexibility index (Phi) is 6.27. The van der Waals surface area contributed by atoms with Gasteiger partial charge in [0.2, 0.25) is 11.4 Å². The third-order valence-electron chi connectivity index (χ3n) is 7.90. The zero-order chi connectivity index (χ0) is 31.0. The molecule has 4 aromatic heterocycles. The zero-order valence-electron chi connectivity index (χ0n) is 23.7. The number of thiophene rings is 2. The van der Waals surface area contributed by atoms with Crippen molar-refractivity contribution < 1.29 is 0 Å². The van der Waals surface area contributed by atoms with Crippen molar-refractivity contribution >= 4 is 66.8 Å². The fourth-order valence-electron chi connectivity index (χ4n) is 5.70. The third kappa shape index (κ3) is 4.08. The minimum absolute atomic E-state index is 0.166. The van der Waals surface area contributed by atoms with Crippen LogP contribution < -0.4 is 0 Å². The van der Waals surface area contributed by atoms with E-state index in [0.29, 0.717) is 10.0 Å². The summed E-state index contributed by atoms with van der Waals surface area (Å²) in [5.74, 6) is 0. The molecule has 12 heteroatoms. The normalized spacial score (nSPS) is 14.2. The molecule has 0 saturated carbocycles. The van der Waals surface area contributed by atoms with Crippen molar-refractivity contribution in [2.45, 2.75) is 38.5 Å². The monoisotopic (exact) mass is 642 g/mol. The van der Waals surface area contributed by atoms with Crippen LogP contribution in [0.5, 0.6) is 0 Å². The molecule has 8 nitrogen and oxygen atoms in total. The highest BCUT2D eigenvalue weighted by Crippen LogP contribution is 2.59. The van der Waals surface area contributed by atoms with Crippen LogP contribution in [0.15, 0.2) is 46.4 Å². The lowest BCUT2D eigenvalue weighted by molar-refractivity contribution is 0.633. The summed E-state index contributed by atoms with van der Waals surface area (Å²) < 4.78 is 0. The molecule has 0 aliphatic heterocycles. The fraction of sp³-hybridized carbons (Fsp3) is 0.188. The van der Waals surface area contributed by atoms with Gasteiger partial charge in [0.25, 0.3) is 0 Å².